The molecule has 1 rings (SSSR count). The van der Waals surface area contributed by atoms with Crippen molar-refractivity contribution in [3.63, 3.8) is 0 Å². The molecule has 1 aromatic carbocycles. The molecule has 140 valence electrons. The summed E-state index contributed by atoms with van der Waals surface area (Å²) in [4.78, 5) is 24.7. The van der Waals surface area contributed by atoms with Crippen LogP contribution in [-0.2, 0) is 22.3 Å². The van der Waals surface area contributed by atoms with Gasteiger partial charge >= 0.3 is 12.2 Å². The highest BCUT2D eigenvalue weighted by Gasteiger charge is 2.29. The van der Waals surface area contributed by atoms with Crippen LogP contribution in [0, 0.1) is 0 Å². The van der Waals surface area contributed by atoms with E-state index in [9.17, 15) is 22.8 Å². The Morgan fingerprint density at radius 1 is 1.12 bits per heavy atom. The third-order valence-corrected chi connectivity index (χ3v) is 3.30. The number of rotatable bonds is 8. The molecule has 25 heavy (non-hydrogen) atoms. The van der Waals surface area contributed by atoms with E-state index in [1.54, 1.807) is 0 Å². The molecule has 0 aliphatic carbocycles. The second kappa shape index (κ2) is 9.87. The van der Waals surface area contributed by atoms with Crippen molar-refractivity contribution in [3.05, 3.63) is 35.4 Å². The maximum absolute atomic E-state index is 12.5. The standard InChI is InChI=1S/C16H22F3N3O3/c1-22(11-12-3-5-13(6-4-12)16(17,18)19)15(24)21-8-7-14(23)20-9-10-25-2/h3-6H,7-11H2,1-2H3,(H,20,23)(H,21,24). The molecule has 0 radical (unpaired) electrons. The molecule has 0 aliphatic rings. The van der Waals surface area contributed by atoms with Gasteiger partial charge in [0.2, 0.25) is 5.91 Å². The Morgan fingerprint density at radius 3 is 2.32 bits per heavy atom. The largest absolute Gasteiger partial charge is 0.416 e. The van der Waals surface area contributed by atoms with E-state index in [0.29, 0.717) is 18.7 Å². The van der Waals surface area contributed by atoms with Crippen molar-refractivity contribution in [2.24, 2.45) is 0 Å². The summed E-state index contributed by atoms with van der Waals surface area (Å²) < 4.78 is 42.3. The van der Waals surface area contributed by atoms with E-state index >= 15 is 0 Å². The number of benzene rings is 1. The van der Waals surface area contributed by atoms with Gasteiger partial charge in [0, 0.05) is 40.2 Å². The number of ether oxygens (including phenoxy) is 1. The van der Waals surface area contributed by atoms with Gasteiger partial charge in [-0.1, -0.05) is 12.1 Å². The zero-order chi connectivity index (χ0) is 18.9. The number of nitrogens with one attached hydrogen (secondary N) is 2. The maximum Gasteiger partial charge on any atom is 0.416 e. The number of amides is 3. The van der Waals surface area contributed by atoms with Crippen molar-refractivity contribution >= 4 is 11.9 Å². The van der Waals surface area contributed by atoms with Crippen molar-refractivity contribution in [1.29, 1.82) is 0 Å². The number of alkyl halides is 3. The first-order valence-corrected chi connectivity index (χ1v) is 7.64. The Hall–Kier alpha value is -2.29. The fourth-order valence-electron chi connectivity index (χ4n) is 1.94. The van der Waals surface area contributed by atoms with E-state index in [0.717, 1.165) is 12.1 Å². The summed E-state index contributed by atoms with van der Waals surface area (Å²) in [6.45, 7) is 1.13. The monoisotopic (exact) mass is 361 g/mol. The minimum absolute atomic E-state index is 0.129. The highest BCUT2D eigenvalue weighted by molar-refractivity contribution is 5.78. The number of hydrogen-bond donors (Lipinski definition) is 2. The fraction of sp³-hybridized carbons (Fsp3) is 0.500. The van der Waals surface area contributed by atoms with E-state index in [2.05, 4.69) is 10.6 Å². The van der Waals surface area contributed by atoms with Crippen LogP contribution in [0.5, 0.6) is 0 Å². The van der Waals surface area contributed by atoms with Gasteiger partial charge in [0.05, 0.1) is 12.2 Å². The molecule has 0 saturated carbocycles. The second-order valence-electron chi connectivity index (χ2n) is 5.38. The molecule has 6 nitrogen and oxygen atoms in total. The van der Waals surface area contributed by atoms with Gasteiger partial charge in [-0.15, -0.1) is 0 Å². The first-order chi connectivity index (χ1) is 11.7. The molecule has 0 saturated heterocycles. The van der Waals surface area contributed by atoms with Gasteiger partial charge in [0.15, 0.2) is 0 Å². The number of methoxy groups -OCH3 is 1. The van der Waals surface area contributed by atoms with Crippen molar-refractivity contribution in [2.75, 3.05) is 33.9 Å². The second-order valence-corrected chi connectivity index (χ2v) is 5.38. The number of carbonyl (C=O) groups is 2. The number of urea groups is 1. The zero-order valence-corrected chi connectivity index (χ0v) is 14.2. The van der Waals surface area contributed by atoms with Crippen LogP contribution in [-0.4, -0.2) is 50.7 Å². The topological polar surface area (TPSA) is 70.7 Å². The number of halogens is 3. The highest BCUT2D eigenvalue weighted by Crippen LogP contribution is 2.29. The van der Waals surface area contributed by atoms with Gasteiger partial charge in [0.1, 0.15) is 0 Å². The molecule has 0 aromatic heterocycles. The lowest BCUT2D eigenvalue weighted by Gasteiger charge is -2.18. The third kappa shape index (κ3) is 7.88. The van der Waals surface area contributed by atoms with E-state index in [4.69, 9.17) is 4.74 Å². The lowest BCUT2D eigenvalue weighted by atomic mass is 10.1. The smallest absolute Gasteiger partial charge is 0.383 e. The van der Waals surface area contributed by atoms with Crippen molar-refractivity contribution in [2.45, 2.75) is 19.1 Å². The molecular formula is C16H22F3N3O3. The molecule has 0 heterocycles. The summed E-state index contributed by atoms with van der Waals surface area (Å²) in [5, 5.41) is 5.20. The molecule has 0 unspecified atom stereocenters. The van der Waals surface area contributed by atoms with Crippen molar-refractivity contribution < 1.29 is 27.5 Å². The van der Waals surface area contributed by atoms with E-state index in [-0.39, 0.29) is 25.4 Å². The Morgan fingerprint density at radius 2 is 1.76 bits per heavy atom. The number of nitrogens with zero attached hydrogens (tertiary/aromatic N) is 1. The average molecular weight is 361 g/mol. The van der Waals surface area contributed by atoms with Crippen LogP contribution in [0.1, 0.15) is 17.5 Å². The summed E-state index contributed by atoms with van der Waals surface area (Å²) in [5.41, 5.74) is -0.161. The Labute approximate surface area is 144 Å². The van der Waals surface area contributed by atoms with E-state index < -0.39 is 17.8 Å². The maximum atomic E-state index is 12.5. The predicted molar refractivity (Wildman–Crippen MR) is 85.8 cm³/mol. The van der Waals surface area contributed by atoms with Crippen LogP contribution in [0.15, 0.2) is 24.3 Å². The predicted octanol–water partition coefficient (Wildman–Crippen LogP) is 2.00. The van der Waals surface area contributed by atoms with Gasteiger partial charge in [-0.3, -0.25) is 4.79 Å². The summed E-state index contributed by atoms with van der Waals surface area (Å²) in [5.74, 6) is -0.206. The molecule has 0 fully saturated rings. The molecular weight excluding hydrogens is 339 g/mol. The molecule has 1 aromatic rings. The summed E-state index contributed by atoms with van der Waals surface area (Å²) in [6.07, 6.45) is -4.25. The molecule has 0 aliphatic heterocycles. The Balaban J connectivity index is 2.35. The Bertz CT molecular complexity index is 562. The molecule has 2 N–H and O–H groups in total. The zero-order valence-electron chi connectivity index (χ0n) is 14.2. The molecule has 9 heteroatoms. The molecule has 0 bridgehead atoms. The molecule has 0 atom stereocenters. The number of hydrogen-bond acceptors (Lipinski definition) is 3. The van der Waals surface area contributed by atoms with Crippen LogP contribution in [0.2, 0.25) is 0 Å². The lowest BCUT2D eigenvalue weighted by Crippen LogP contribution is -2.39. The Kier molecular flexibility index (Phi) is 8.20. The first-order valence-electron chi connectivity index (χ1n) is 7.64. The van der Waals surface area contributed by atoms with Gasteiger partial charge in [-0.05, 0) is 17.7 Å². The van der Waals surface area contributed by atoms with Crippen LogP contribution >= 0.6 is 0 Å². The van der Waals surface area contributed by atoms with Crippen LogP contribution in [0.25, 0.3) is 0 Å². The van der Waals surface area contributed by atoms with Gasteiger partial charge in [-0.2, -0.15) is 13.2 Å². The van der Waals surface area contributed by atoms with Gasteiger partial charge < -0.3 is 20.3 Å². The normalized spacial score (nSPS) is 11.1. The minimum Gasteiger partial charge on any atom is -0.383 e. The van der Waals surface area contributed by atoms with Crippen LogP contribution in [0.3, 0.4) is 0 Å². The third-order valence-electron chi connectivity index (χ3n) is 3.30. The summed E-state index contributed by atoms with van der Waals surface area (Å²) in [6, 6.07) is 4.20. The average Bonchev–Trinajstić information content (AvgIpc) is 2.54. The SMILES string of the molecule is COCCNC(=O)CCNC(=O)N(C)Cc1ccc(C(F)(F)F)cc1. The first kappa shape index (κ1) is 20.8. The van der Waals surface area contributed by atoms with Gasteiger partial charge in [0.25, 0.3) is 0 Å². The lowest BCUT2D eigenvalue weighted by molar-refractivity contribution is -0.137. The quantitative estimate of drug-likeness (QED) is 0.696. The fourth-order valence-corrected chi connectivity index (χ4v) is 1.94. The van der Waals surface area contributed by atoms with Crippen molar-refractivity contribution in [1.82, 2.24) is 15.5 Å². The van der Waals surface area contributed by atoms with Crippen LogP contribution < -0.4 is 10.6 Å². The van der Waals surface area contributed by atoms with Gasteiger partial charge in [-0.25, -0.2) is 4.79 Å². The summed E-state index contributed by atoms with van der Waals surface area (Å²) >= 11 is 0. The van der Waals surface area contributed by atoms with E-state index in [1.807, 2.05) is 0 Å². The highest BCUT2D eigenvalue weighted by atomic mass is 19.4. The number of carbonyl (C=O) groups excluding carboxylic acids is 2. The minimum atomic E-state index is -4.38. The molecule has 0 spiro atoms. The van der Waals surface area contributed by atoms with E-state index in [1.165, 1.54) is 31.2 Å². The molecule has 3 amide bonds. The summed E-state index contributed by atoms with van der Waals surface area (Å²) in [7, 11) is 3.05. The van der Waals surface area contributed by atoms with Crippen LogP contribution in [0.4, 0.5) is 18.0 Å². The van der Waals surface area contributed by atoms with Crippen molar-refractivity contribution in [3.8, 4) is 0 Å².